The van der Waals surface area contributed by atoms with E-state index in [1.165, 1.54) is 6.20 Å². The summed E-state index contributed by atoms with van der Waals surface area (Å²) in [6.07, 6.45) is 8.33. The zero-order chi connectivity index (χ0) is 21.9. The minimum Gasteiger partial charge on any atom is -0.370 e. The highest BCUT2D eigenvalue weighted by molar-refractivity contribution is 6.31. The molecule has 3 rings (SSSR count). The molecular weight excluding hydrogens is 402 g/mol. The van der Waals surface area contributed by atoms with Crippen LogP contribution in [0, 0.1) is 0 Å². The Kier molecular flexibility index (Phi) is 5.89. The van der Waals surface area contributed by atoms with E-state index in [1.807, 2.05) is 13.8 Å². The van der Waals surface area contributed by atoms with Gasteiger partial charge in [-0.1, -0.05) is 24.3 Å². The third kappa shape index (κ3) is 4.33. The van der Waals surface area contributed by atoms with Crippen LogP contribution in [-0.2, 0) is 5.54 Å². The highest BCUT2D eigenvalue weighted by Crippen LogP contribution is 2.25. The molecule has 0 saturated carbocycles. The maximum absolute atomic E-state index is 11.6. The van der Waals surface area contributed by atoms with Gasteiger partial charge in [0.1, 0.15) is 5.65 Å². The molecule has 0 unspecified atom stereocenters. The van der Waals surface area contributed by atoms with Crippen molar-refractivity contribution in [1.82, 2.24) is 19.7 Å². The molecule has 0 saturated heterocycles. The predicted molar refractivity (Wildman–Crippen MR) is 119 cm³/mol. The Morgan fingerprint density at radius 1 is 1.33 bits per heavy atom. The van der Waals surface area contributed by atoms with E-state index in [1.54, 1.807) is 53.3 Å². The number of hydrogen-bond donors (Lipinski definition) is 3. The Bertz CT molecular complexity index is 1180. The maximum Gasteiger partial charge on any atom is 0.252 e. The van der Waals surface area contributed by atoms with Gasteiger partial charge in [0.25, 0.3) is 5.91 Å². The average Bonchev–Trinajstić information content (AvgIpc) is 3.12. The second kappa shape index (κ2) is 8.38. The van der Waals surface area contributed by atoms with Crippen LogP contribution in [-0.4, -0.2) is 26.2 Å². The Morgan fingerprint density at radius 2 is 2.10 bits per heavy atom. The van der Waals surface area contributed by atoms with Crippen molar-refractivity contribution >= 4 is 34.7 Å². The number of guanidine groups is 1. The number of nitrogens with one attached hydrogen (secondary N) is 1. The number of primary amides is 1. The number of nitrogens with zero attached hydrogens (tertiary/aromatic N) is 4. The van der Waals surface area contributed by atoms with Gasteiger partial charge in [0, 0.05) is 30.4 Å². The van der Waals surface area contributed by atoms with Crippen molar-refractivity contribution in [1.29, 1.82) is 0 Å². The van der Waals surface area contributed by atoms with Gasteiger partial charge in [-0.2, -0.15) is 0 Å². The van der Waals surface area contributed by atoms with E-state index in [0.29, 0.717) is 33.2 Å². The number of aromatic nitrogens is 3. The Balaban J connectivity index is 1.89. The number of nitrogens with two attached hydrogens (primary N) is 2. The number of carbonyl (C=O) groups excluding carboxylic acids is 1. The molecule has 0 bridgehead atoms. The van der Waals surface area contributed by atoms with Crippen molar-refractivity contribution in [3.8, 4) is 0 Å². The van der Waals surface area contributed by atoms with Crippen molar-refractivity contribution < 1.29 is 4.79 Å². The van der Waals surface area contributed by atoms with Crippen LogP contribution in [0.3, 0.4) is 0 Å². The second-order valence-corrected chi connectivity index (χ2v) is 7.44. The van der Waals surface area contributed by atoms with E-state index in [-0.39, 0.29) is 5.96 Å². The Hall–Kier alpha value is -3.65. The van der Waals surface area contributed by atoms with Crippen LogP contribution in [0.1, 0.15) is 35.6 Å². The summed E-state index contributed by atoms with van der Waals surface area (Å²) in [4.78, 5) is 24.7. The van der Waals surface area contributed by atoms with Crippen LogP contribution in [0.2, 0.25) is 5.02 Å². The van der Waals surface area contributed by atoms with Gasteiger partial charge in [0.05, 0.1) is 27.5 Å². The zero-order valence-electron chi connectivity index (χ0n) is 16.6. The highest BCUT2D eigenvalue weighted by Gasteiger charge is 2.25. The summed E-state index contributed by atoms with van der Waals surface area (Å²) >= 11 is 6.24. The standard InChI is InChI=1S/C21H22ClN7O/c1-4-13(16-12-29-10-6-7-14(18(23)30)19(29)27-16)11-26-20(24)28-21(2,3)17-15(22)8-5-9-25-17/h4-12H,1H2,2-3H3,(H2,23,30)(H3,24,26,28)/b13-11+. The molecule has 9 heteroatoms. The van der Waals surface area contributed by atoms with Gasteiger partial charge in [-0.3, -0.25) is 9.78 Å². The molecular formula is C21H22ClN7O. The molecule has 5 N–H and O–H groups in total. The lowest BCUT2D eigenvalue weighted by Crippen LogP contribution is -2.45. The van der Waals surface area contributed by atoms with Crippen molar-refractivity contribution in [2.24, 2.45) is 16.5 Å². The van der Waals surface area contributed by atoms with Crippen molar-refractivity contribution in [2.75, 3.05) is 0 Å². The number of rotatable bonds is 6. The number of halogens is 1. The number of pyridine rings is 2. The number of carbonyl (C=O) groups is 1. The molecule has 3 heterocycles. The number of imidazole rings is 1. The fourth-order valence-electron chi connectivity index (χ4n) is 2.96. The maximum atomic E-state index is 11.6. The SMILES string of the molecule is C=C/C(=C\N=C(/N)NC(C)(C)c1ncccc1Cl)c1cn2cccc(C(N)=O)c2n1. The van der Waals surface area contributed by atoms with Crippen LogP contribution in [0.25, 0.3) is 11.2 Å². The molecule has 3 aromatic heterocycles. The largest absolute Gasteiger partial charge is 0.370 e. The molecule has 0 spiro atoms. The van der Waals surface area contributed by atoms with E-state index in [9.17, 15) is 4.79 Å². The Morgan fingerprint density at radius 3 is 2.77 bits per heavy atom. The normalized spacial score (nSPS) is 12.8. The first-order chi connectivity index (χ1) is 14.2. The first-order valence-electron chi connectivity index (χ1n) is 9.06. The van der Waals surface area contributed by atoms with Crippen molar-refractivity contribution in [3.05, 3.63) is 83.7 Å². The summed E-state index contributed by atoms with van der Waals surface area (Å²) < 4.78 is 1.71. The number of fused-ring (bicyclic) bond motifs is 1. The van der Waals surface area contributed by atoms with Gasteiger partial charge in [0.15, 0.2) is 5.96 Å². The number of aliphatic imine (C=N–C) groups is 1. The van der Waals surface area contributed by atoms with Crippen molar-refractivity contribution in [3.63, 3.8) is 0 Å². The molecule has 0 aliphatic rings. The molecule has 8 nitrogen and oxygen atoms in total. The summed E-state index contributed by atoms with van der Waals surface area (Å²) in [5.41, 5.74) is 13.5. The average molecular weight is 424 g/mol. The Labute approximate surface area is 179 Å². The second-order valence-electron chi connectivity index (χ2n) is 7.03. The molecule has 0 radical (unpaired) electrons. The topological polar surface area (TPSA) is 124 Å². The summed E-state index contributed by atoms with van der Waals surface area (Å²) in [5, 5.41) is 3.64. The van der Waals surface area contributed by atoms with Crippen molar-refractivity contribution in [2.45, 2.75) is 19.4 Å². The van der Waals surface area contributed by atoms with E-state index >= 15 is 0 Å². The molecule has 0 atom stereocenters. The molecule has 30 heavy (non-hydrogen) atoms. The molecule has 0 aromatic carbocycles. The predicted octanol–water partition coefficient (Wildman–Crippen LogP) is 2.85. The number of hydrogen-bond acceptors (Lipinski definition) is 4. The van der Waals surface area contributed by atoms with Crippen LogP contribution < -0.4 is 16.8 Å². The number of amides is 1. The fraction of sp³-hybridized carbons (Fsp3) is 0.143. The summed E-state index contributed by atoms with van der Waals surface area (Å²) in [6, 6.07) is 6.87. The lowest BCUT2D eigenvalue weighted by molar-refractivity contribution is 0.100. The smallest absolute Gasteiger partial charge is 0.252 e. The fourth-order valence-corrected chi connectivity index (χ4v) is 3.32. The molecule has 0 aliphatic heterocycles. The van der Waals surface area contributed by atoms with Gasteiger partial charge < -0.3 is 21.2 Å². The summed E-state index contributed by atoms with van der Waals surface area (Å²) in [6.45, 7) is 7.61. The lowest BCUT2D eigenvalue weighted by Gasteiger charge is -2.26. The first kappa shape index (κ1) is 21.1. The van der Waals surface area contributed by atoms with Gasteiger partial charge in [-0.05, 0) is 38.1 Å². The minimum absolute atomic E-state index is 0.169. The monoisotopic (exact) mass is 423 g/mol. The molecule has 0 fully saturated rings. The molecule has 154 valence electrons. The van der Waals surface area contributed by atoms with Crippen LogP contribution >= 0.6 is 11.6 Å². The lowest BCUT2D eigenvalue weighted by atomic mass is 10.00. The third-order valence-electron chi connectivity index (χ3n) is 4.40. The highest BCUT2D eigenvalue weighted by atomic mass is 35.5. The van der Waals surface area contributed by atoms with E-state index in [2.05, 4.69) is 26.9 Å². The summed E-state index contributed by atoms with van der Waals surface area (Å²) in [7, 11) is 0. The van der Waals surface area contributed by atoms with E-state index < -0.39 is 11.4 Å². The molecule has 1 amide bonds. The number of allylic oxidation sites excluding steroid dienone is 2. The van der Waals surface area contributed by atoms with Gasteiger partial charge in [-0.15, -0.1) is 0 Å². The summed E-state index contributed by atoms with van der Waals surface area (Å²) in [5.74, 6) is -0.383. The quantitative estimate of drug-likeness (QED) is 0.319. The first-order valence-corrected chi connectivity index (χ1v) is 9.43. The molecule has 0 aliphatic carbocycles. The molecule has 3 aromatic rings. The van der Waals surface area contributed by atoms with Gasteiger partial charge in [0.2, 0.25) is 0 Å². The zero-order valence-corrected chi connectivity index (χ0v) is 17.4. The third-order valence-corrected chi connectivity index (χ3v) is 4.70. The van der Waals surface area contributed by atoms with Crippen LogP contribution in [0.5, 0.6) is 0 Å². The minimum atomic E-state index is -0.645. The van der Waals surface area contributed by atoms with Crippen LogP contribution in [0.15, 0.2) is 66.7 Å². The van der Waals surface area contributed by atoms with Crippen LogP contribution in [0.4, 0.5) is 0 Å². The van der Waals surface area contributed by atoms with Gasteiger partial charge >= 0.3 is 0 Å². The van der Waals surface area contributed by atoms with Gasteiger partial charge in [-0.25, -0.2) is 9.98 Å². The van der Waals surface area contributed by atoms with E-state index in [0.717, 1.165) is 0 Å². The van der Waals surface area contributed by atoms with E-state index in [4.69, 9.17) is 23.1 Å².